The lowest BCUT2D eigenvalue weighted by Gasteiger charge is -2.29. The van der Waals surface area contributed by atoms with E-state index in [2.05, 4.69) is 22.4 Å². The predicted molar refractivity (Wildman–Crippen MR) is 99.9 cm³/mol. The molecule has 0 unspecified atom stereocenters. The van der Waals surface area contributed by atoms with Crippen LogP contribution in [0.25, 0.3) is 0 Å². The lowest BCUT2D eigenvalue weighted by molar-refractivity contribution is -0.125. The topological polar surface area (TPSA) is 65.8 Å². The van der Waals surface area contributed by atoms with Crippen molar-refractivity contribution in [2.24, 2.45) is 5.41 Å². The standard InChI is InChI=1S/C19H15N3OS2/c1-19(17(23)22-18-21-6-8-25-18)10-13-5-4-12(11-20)9-14(13)16(19)15-3-2-7-24-15/h2-9,16H,10H2,1H3,(H,21,22,23)/t16-,19+/m0/s1. The van der Waals surface area contributed by atoms with Gasteiger partial charge in [0.15, 0.2) is 5.13 Å². The second-order valence-corrected chi connectivity index (χ2v) is 8.23. The van der Waals surface area contributed by atoms with Crippen LogP contribution in [0.5, 0.6) is 0 Å². The third-order valence-electron chi connectivity index (χ3n) is 4.78. The number of aromatic nitrogens is 1. The van der Waals surface area contributed by atoms with Crippen molar-refractivity contribution in [3.8, 4) is 6.07 Å². The molecule has 0 radical (unpaired) electrons. The molecule has 0 saturated heterocycles. The molecule has 3 aromatic rings. The molecule has 0 bridgehead atoms. The molecule has 1 amide bonds. The van der Waals surface area contributed by atoms with Crippen LogP contribution in [-0.2, 0) is 11.2 Å². The highest BCUT2D eigenvalue weighted by atomic mass is 32.1. The summed E-state index contributed by atoms with van der Waals surface area (Å²) in [7, 11) is 0. The third-order valence-corrected chi connectivity index (χ3v) is 6.41. The van der Waals surface area contributed by atoms with Crippen molar-refractivity contribution in [1.82, 2.24) is 4.98 Å². The Kier molecular flexibility index (Phi) is 3.91. The van der Waals surface area contributed by atoms with Crippen molar-refractivity contribution in [2.75, 3.05) is 5.32 Å². The fourth-order valence-corrected chi connectivity index (χ4v) is 5.11. The van der Waals surface area contributed by atoms with E-state index in [1.165, 1.54) is 11.3 Å². The number of nitriles is 1. The first kappa shape index (κ1) is 16.0. The smallest absolute Gasteiger partial charge is 0.233 e. The molecule has 124 valence electrons. The van der Waals surface area contributed by atoms with Crippen LogP contribution in [0.15, 0.2) is 47.3 Å². The number of rotatable bonds is 3. The molecule has 2 heterocycles. The van der Waals surface area contributed by atoms with Crippen LogP contribution >= 0.6 is 22.7 Å². The van der Waals surface area contributed by atoms with E-state index >= 15 is 0 Å². The van der Waals surface area contributed by atoms with Crippen molar-refractivity contribution >= 4 is 33.7 Å². The van der Waals surface area contributed by atoms with Crippen molar-refractivity contribution in [3.05, 3.63) is 68.9 Å². The largest absolute Gasteiger partial charge is 0.301 e. The number of nitrogens with one attached hydrogen (secondary N) is 1. The summed E-state index contributed by atoms with van der Waals surface area (Å²) in [6, 6.07) is 12.0. The van der Waals surface area contributed by atoms with E-state index in [0.717, 1.165) is 16.0 Å². The number of fused-ring (bicyclic) bond motifs is 1. The van der Waals surface area contributed by atoms with Crippen LogP contribution in [0.3, 0.4) is 0 Å². The molecule has 1 aromatic carbocycles. The van der Waals surface area contributed by atoms with Gasteiger partial charge in [0.05, 0.1) is 17.0 Å². The highest BCUT2D eigenvalue weighted by Crippen LogP contribution is 2.52. The normalized spacial score (nSPS) is 21.5. The Bertz CT molecular complexity index is 957. The van der Waals surface area contributed by atoms with Gasteiger partial charge < -0.3 is 5.32 Å². The Morgan fingerprint density at radius 1 is 1.36 bits per heavy atom. The zero-order valence-electron chi connectivity index (χ0n) is 13.5. The van der Waals surface area contributed by atoms with Gasteiger partial charge in [0.1, 0.15) is 0 Å². The molecule has 1 aliphatic rings. The lowest BCUT2D eigenvalue weighted by atomic mass is 9.76. The Morgan fingerprint density at radius 3 is 2.92 bits per heavy atom. The maximum atomic E-state index is 13.2. The average Bonchev–Trinajstić information content (AvgIpc) is 3.33. The number of nitrogens with zero attached hydrogens (tertiary/aromatic N) is 2. The summed E-state index contributed by atoms with van der Waals surface area (Å²) in [4.78, 5) is 18.5. The molecule has 1 N–H and O–H groups in total. The van der Waals surface area contributed by atoms with Gasteiger partial charge in [-0.3, -0.25) is 4.79 Å². The Labute approximate surface area is 153 Å². The number of hydrogen-bond donors (Lipinski definition) is 1. The Morgan fingerprint density at radius 2 is 2.24 bits per heavy atom. The van der Waals surface area contributed by atoms with E-state index in [1.54, 1.807) is 17.5 Å². The minimum absolute atomic E-state index is 0.0319. The van der Waals surface area contributed by atoms with Gasteiger partial charge in [0.25, 0.3) is 0 Å². The Hall–Kier alpha value is -2.49. The summed E-state index contributed by atoms with van der Waals surface area (Å²) in [6.45, 7) is 2.01. The van der Waals surface area contributed by atoms with E-state index < -0.39 is 5.41 Å². The van der Waals surface area contributed by atoms with Crippen LogP contribution < -0.4 is 5.32 Å². The van der Waals surface area contributed by atoms with E-state index in [9.17, 15) is 10.1 Å². The zero-order valence-corrected chi connectivity index (χ0v) is 15.2. The fraction of sp³-hybridized carbons (Fsp3) is 0.211. The maximum Gasteiger partial charge on any atom is 0.233 e. The first-order chi connectivity index (χ1) is 12.1. The summed E-state index contributed by atoms with van der Waals surface area (Å²) in [6.07, 6.45) is 2.33. The summed E-state index contributed by atoms with van der Waals surface area (Å²) in [5, 5.41) is 16.7. The molecular weight excluding hydrogens is 350 g/mol. The number of carbonyl (C=O) groups excluding carboxylic acids is 1. The molecule has 4 rings (SSSR count). The molecule has 2 atom stereocenters. The van der Waals surface area contributed by atoms with E-state index in [-0.39, 0.29) is 11.8 Å². The van der Waals surface area contributed by atoms with Crippen molar-refractivity contribution < 1.29 is 4.79 Å². The zero-order chi connectivity index (χ0) is 17.4. The van der Waals surface area contributed by atoms with Crippen LogP contribution in [0.1, 0.15) is 34.4 Å². The predicted octanol–water partition coefficient (Wildman–Crippen LogP) is 4.41. The van der Waals surface area contributed by atoms with Crippen LogP contribution in [0.2, 0.25) is 0 Å². The quantitative estimate of drug-likeness (QED) is 0.748. The van der Waals surface area contributed by atoms with Gasteiger partial charge in [-0.2, -0.15) is 5.26 Å². The van der Waals surface area contributed by atoms with Gasteiger partial charge in [0.2, 0.25) is 5.91 Å². The highest BCUT2D eigenvalue weighted by Gasteiger charge is 2.49. The van der Waals surface area contributed by atoms with Gasteiger partial charge in [0, 0.05) is 22.4 Å². The van der Waals surface area contributed by atoms with E-state index in [4.69, 9.17) is 0 Å². The molecule has 6 heteroatoms. The summed E-state index contributed by atoms with van der Waals surface area (Å²) in [5.74, 6) is -0.0914. The van der Waals surface area contributed by atoms with E-state index in [1.807, 2.05) is 41.9 Å². The summed E-state index contributed by atoms with van der Waals surface area (Å²) >= 11 is 3.06. The van der Waals surface area contributed by atoms with Gasteiger partial charge in [-0.1, -0.05) is 12.1 Å². The molecule has 0 spiro atoms. The third kappa shape index (κ3) is 2.66. The molecule has 0 saturated carbocycles. The SMILES string of the molecule is C[C@@]1(C(=O)Nc2nccs2)Cc2ccc(C#N)cc2[C@H]1c1cccs1. The second kappa shape index (κ2) is 6.10. The molecule has 0 aliphatic heterocycles. The minimum atomic E-state index is -0.618. The van der Waals surface area contributed by atoms with Crippen LogP contribution in [0, 0.1) is 16.7 Å². The minimum Gasteiger partial charge on any atom is -0.301 e. The molecule has 1 aliphatic carbocycles. The number of amides is 1. The molecule has 4 nitrogen and oxygen atoms in total. The van der Waals surface area contributed by atoms with Crippen LogP contribution in [0.4, 0.5) is 5.13 Å². The number of benzene rings is 1. The summed E-state index contributed by atoms with van der Waals surface area (Å²) in [5.41, 5.74) is 2.23. The monoisotopic (exact) mass is 365 g/mol. The highest BCUT2D eigenvalue weighted by molar-refractivity contribution is 7.13. The first-order valence-corrected chi connectivity index (χ1v) is 9.65. The molecule has 25 heavy (non-hydrogen) atoms. The number of thiophene rings is 1. The van der Waals surface area contributed by atoms with Gasteiger partial charge >= 0.3 is 0 Å². The number of hydrogen-bond acceptors (Lipinski definition) is 5. The van der Waals surface area contributed by atoms with Crippen molar-refractivity contribution in [1.29, 1.82) is 5.26 Å². The second-order valence-electron chi connectivity index (χ2n) is 6.36. The van der Waals surface area contributed by atoms with Crippen molar-refractivity contribution in [3.63, 3.8) is 0 Å². The lowest BCUT2D eigenvalue weighted by Crippen LogP contribution is -2.37. The van der Waals surface area contributed by atoms with Crippen LogP contribution in [-0.4, -0.2) is 10.9 Å². The Balaban J connectivity index is 1.79. The van der Waals surface area contributed by atoms with Crippen molar-refractivity contribution in [2.45, 2.75) is 19.3 Å². The number of thiazole rings is 1. The number of anilines is 1. The van der Waals surface area contributed by atoms with E-state index in [0.29, 0.717) is 17.1 Å². The summed E-state index contributed by atoms with van der Waals surface area (Å²) < 4.78 is 0. The molecule has 2 aromatic heterocycles. The average molecular weight is 365 g/mol. The van der Waals surface area contributed by atoms with Gasteiger partial charge in [-0.05, 0) is 48.1 Å². The molecule has 0 fully saturated rings. The van der Waals surface area contributed by atoms with Gasteiger partial charge in [-0.15, -0.1) is 22.7 Å². The molecular formula is C19H15N3OS2. The van der Waals surface area contributed by atoms with Gasteiger partial charge in [-0.25, -0.2) is 4.98 Å². The number of carbonyl (C=O) groups is 1. The first-order valence-electron chi connectivity index (χ1n) is 7.89. The maximum absolute atomic E-state index is 13.2. The fourth-order valence-electron chi connectivity index (χ4n) is 3.59.